The highest BCUT2D eigenvalue weighted by molar-refractivity contribution is 7.92. The average Bonchev–Trinajstić information content (AvgIpc) is 2.57. The van der Waals surface area contributed by atoms with Crippen LogP contribution in [-0.2, 0) is 10.0 Å². The maximum Gasteiger partial charge on any atom is 0.261 e. The number of allylic oxidation sites excluding steroid dienone is 1. The fourth-order valence-corrected chi connectivity index (χ4v) is 3.41. The van der Waals surface area contributed by atoms with Gasteiger partial charge < -0.3 is 0 Å². The normalized spacial score (nSPS) is 12.0. The highest BCUT2D eigenvalue weighted by atomic mass is 32.2. The number of benzene rings is 2. The van der Waals surface area contributed by atoms with Crippen LogP contribution in [0, 0.1) is 0 Å². The van der Waals surface area contributed by atoms with Gasteiger partial charge in [0, 0.05) is 5.69 Å². The van der Waals surface area contributed by atoms with Crippen LogP contribution in [0.2, 0.25) is 6.32 Å². The Morgan fingerprint density at radius 2 is 1.83 bits per heavy atom. The second-order valence-corrected chi connectivity index (χ2v) is 7.44. The molecule has 5 heteroatoms. The minimum atomic E-state index is -3.59. The molecule has 2 rings (SSSR count). The molecule has 0 amide bonds. The van der Waals surface area contributed by atoms with E-state index in [4.69, 9.17) is 0 Å². The van der Waals surface area contributed by atoms with Crippen molar-refractivity contribution in [1.29, 1.82) is 0 Å². The standard InChI is InChI=1S/C19H23BNO2S/c1-4-15(3)13-16-7-6-8-19(14-16)24(22,23)21-18-11-9-17(10-12-18)20-5-2/h6-14,21H,4-5H2,1-3H3/b15-13-. The van der Waals surface area contributed by atoms with Gasteiger partial charge in [-0.15, -0.1) is 0 Å². The van der Waals surface area contributed by atoms with Crippen LogP contribution in [-0.4, -0.2) is 15.7 Å². The molecule has 2 aromatic carbocycles. The van der Waals surface area contributed by atoms with Gasteiger partial charge in [0.2, 0.25) is 0 Å². The van der Waals surface area contributed by atoms with Crippen LogP contribution in [0.4, 0.5) is 5.69 Å². The Labute approximate surface area is 146 Å². The summed E-state index contributed by atoms with van der Waals surface area (Å²) in [6, 6.07) is 14.4. The van der Waals surface area contributed by atoms with Crippen molar-refractivity contribution in [1.82, 2.24) is 0 Å². The summed E-state index contributed by atoms with van der Waals surface area (Å²) in [7, 11) is -1.51. The van der Waals surface area contributed by atoms with Gasteiger partial charge in [0.15, 0.2) is 7.28 Å². The first-order chi connectivity index (χ1) is 11.4. The number of hydrogen-bond acceptors (Lipinski definition) is 2. The zero-order chi connectivity index (χ0) is 17.6. The maximum atomic E-state index is 12.6. The first-order valence-electron chi connectivity index (χ1n) is 8.18. The maximum absolute atomic E-state index is 12.6. The largest absolute Gasteiger partial charge is 0.280 e. The lowest BCUT2D eigenvalue weighted by atomic mass is 9.68. The van der Waals surface area contributed by atoms with E-state index in [9.17, 15) is 8.42 Å². The van der Waals surface area contributed by atoms with Gasteiger partial charge in [-0.05, 0) is 43.2 Å². The molecule has 0 saturated heterocycles. The summed E-state index contributed by atoms with van der Waals surface area (Å²) in [5.74, 6) is 0. The molecule has 0 fully saturated rings. The van der Waals surface area contributed by atoms with Crippen molar-refractivity contribution in [3.63, 3.8) is 0 Å². The first-order valence-corrected chi connectivity index (χ1v) is 9.66. The van der Waals surface area contributed by atoms with E-state index in [1.54, 1.807) is 30.3 Å². The summed E-state index contributed by atoms with van der Waals surface area (Å²) in [5.41, 5.74) is 3.75. The van der Waals surface area contributed by atoms with E-state index in [2.05, 4.69) is 25.8 Å². The molecule has 0 aliphatic carbocycles. The summed E-state index contributed by atoms with van der Waals surface area (Å²) in [4.78, 5) is 0.268. The van der Waals surface area contributed by atoms with E-state index in [-0.39, 0.29) is 4.90 Å². The molecule has 0 aliphatic heterocycles. The molecule has 1 radical (unpaired) electrons. The molecular formula is C19H23BNO2S. The van der Waals surface area contributed by atoms with Crippen molar-refractivity contribution in [3.05, 3.63) is 59.7 Å². The minimum Gasteiger partial charge on any atom is -0.280 e. The topological polar surface area (TPSA) is 46.2 Å². The first kappa shape index (κ1) is 18.3. The quantitative estimate of drug-likeness (QED) is 0.773. The molecule has 0 atom stereocenters. The fourth-order valence-electron chi connectivity index (χ4n) is 2.30. The van der Waals surface area contributed by atoms with Gasteiger partial charge in [0.05, 0.1) is 4.90 Å². The van der Waals surface area contributed by atoms with Crippen molar-refractivity contribution in [2.24, 2.45) is 0 Å². The Bertz CT molecular complexity index is 812. The summed E-state index contributed by atoms with van der Waals surface area (Å²) in [5, 5.41) is 0. The van der Waals surface area contributed by atoms with Crippen LogP contribution >= 0.6 is 0 Å². The van der Waals surface area contributed by atoms with Crippen LogP contribution in [0.1, 0.15) is 32.8 Å². The summed E-state index contributed by atoms with van der Waals surface area (Å²) < 4.78 is 27.8. The van der Waals surface area contributed by atoms with Crippen molar-refractivity contribution >= 4 is 34.5 Å². The van der Waals surface area contributed by atoms with E-state index >= 15 is 0 Å². The Balaban J connectivity index is 2.22. The number of rotatable bonds is 7. The summed E-state index contributed by atoms with van der Waals surface area (Å²) in [6.45, 7) is 6.18. The van der Waals surface area contributed by atoms with E-state index < -0.39 is 10.0 Å². The van der Waals surface area contributed by atoms with Crippen LogP contribution in [0.3, 0.4) is 0 Å². The lowest BCUT2D eigenvalue weighted by Crippen LogP contribution is -2.15. The van der Waals surface area contributed by atoms with Gasteiger partial charge in [-0.25, -0.2) is 8.42 Å². The van der Waals surface area contributed by atoms with E-state index in [1.165, 1.54) is 5.57 Å². The molecule has 0 saturated carbocycles. The predicted octanol–water partition coefficient (Wildman–Crippen LogP) is 4.07. The van der Waals surface area contributed by atoms with Gasteiger partial charge in [-0.3, -0.25) is 4.72 Å². The Morgan fingerprint density at radius 1 is 1.12 bits per heavy atom. The number of hydrogen-bond donors (Lipinski definition) is 1. The minimum absolute atomic E-state index is 0.268. The van der Waals surface area contributed by atoms with Gasteiger partial charge in [-0.1, -0.05) is 61.5 Å². The Morgan fingerprint density at radius 3 is 2.46 bits per heavy atom. The SMILES string of the molecule is CC[B]c1ccc(NS(=O)(=O)c2cccc(/C=C(/C)CC)c2)cc1. The molecule has 0 aromatic heterocycles. The van der Waals surface area contributed by atoms with E-state index in [0.717, 1.165) is 23.8 Å². The zero-order valence-electron chi connectivity index (χ0n) is 14.4. The number of nitrogens with one attached hydrogen (secondary N) is 1. The van der Waals surface area contributed by atoms with Crippen molar-refractivity contribution in [2.45, 2.75) is 38.4 Å². The zero-order valence-corrected chi connectivity index (χ0v) is 15.2. The summed E-state index contributed by atoms with van der Waals surface area (Å²) in [6.07, 6.45) is 3.90. The van der Waals surface area contributed by atoms with Crippen LogP contribution in [0.5, 0.6) is 0 Å². The fraction of sp³-hybridized carbons (Fsp3) is 0.263. The van der Waals surface area contributed by atoms with E-state index in [0.29, 0.717) is 5.69 Å². The van der Waals surface area contributed by atoms with Gasteiger partial charge >= 0.3 is 0 Å². The molecule has 0 unspecified atom stereocenters. The second-order valence-electron chi connectivity index (χ2n) is 5.76. The smallest absolute Gasteiger partial charge is 0.261 e. The highest BCUT2D eigenvalue weighted by Gasteiger charge is 2.14. The third-order valence-electron chi connectivity index (χ3n) is 3.74. The molecule has 0 bridgehead atoms. The molecule has 0 aliphatic rings. The van der Waals surface area contributed by atoms with Crippen LogP contribution in [0.25, 0.3) is 6.08 Å². The molecule has 24 heavy (non-hydrogen) atoms. The highest BCUT2D eigenvalue weighted by Crippen LogP contribution is 2.18. The Hall–Kier alpha value is -2.01. The van der Waals surface area contributed by atoms with Gasteiger partial charge in [0.1, 0.15) is 0 Å². The average molecular weight is 340 g/mol. The third kappa shape index (κ3) is 5.00. The number of sulfonamides is 1. The molecule has 0 spiro atoms. The van der Waals surface area contributed by atoms with Crippen LogP contribution < -0.4 is 10.2 Å². The molecular weight excluding hydrogens is 317 g/mol. The Kier molecular flexibility index (Phi) is 6.26. The number of anilines is 1. The summed E-state index contributed by atoms with van der Waals surface area (Å²) >= 11 is 0. The predicted molar refractivity (Wildman–Crippen MR) is 104 cm³/mol. The van der Waals surface area contributed by atoms with Gasteiger partial charge in [0.25, 0.3) is 10.0 Å². The molecule has 3 nitrogen and oxygen atoms in total. The van der Waals surface area contributed by atoms with Crippen molar-refractivity contribution in [2.75, 3.05) is 4.72 Å². The second kappa shape index (κ2) is 8.20. The molecule has 1 N–H and O–H groups in total. The lowest BCUT2D eigenvalue weighted by Gasteiger charge is -2.09. The van der Waals surface area contributed by atoms with Crippen LogP contribution in [0.15, 0.2) is 59.0 Å². The third-order valence-corrected chi connectivity index (χ3v) is 5.12. The van der Waals surface area contributed by atoms with Gasteiger partial charge in [-0.2, -0.15) is 0 Å². The molecule has 125 valence electrons. The molecule has 0 heterocycles. The van der Waals surface area contributed by atoms with Crippen molar-refractivity contribution in [3.8, 4) is 0 Å². The van der Waals surface area contributed by atoms with E-state index in [1.807, 2.05) is 31.2 Å². The monoisotopic (exact) mass is 340 g/mol. The lowest BCUT2D eigenvalue weighted by molar-refractivity contribution is 0.601. The molecule has 2 aromatic rings. The van der Waals surface area contributed by atoms with Crippen molar-refractivity contribution < 1.29 is 8.42 Å².